The Kier molecular flexibility index (Phi) is 146. The molecule has 8 rings (SSSR count). The van der Waals surface area contributed by atoms with Crippen molar-refractivity contribution in [3.05, 3.63) is 279 Å². The van der Waals surface area contributed by atoms with Crippen LogP contribution in [0.25, 0.3) is 33.4 Å². The molecule has 0 fully saturated rings. The molecule has 0 aliphatic carbocycles. The summed E-state index contributed by atoms with van der Waals surface area (Å²) in [5.41, 5.74) is 14.0. The third-order valence-corrected chi connectivity index (χ3v) is 8.39. The van der Waals surface area contributed by atoms with Crippen molar-refractivity contribution in [2.24, 2.45) is 5.92 Å². The first-order valence-corrected chi connectivity index (χ1v) is 27.2. The van der Waals surface area contributed by atoms with Crippen LogP contribution in [0.4, 0.5) is 0 Å². The monoisotopic (exact) mass is 1870 g/mol. The van der Waals surface area contributed by atoms with Gasteiger partial charge in [-0.25, -0.2) is 0 Å². The third-order valence-electron chi connectivity index (χ3n) is 8.39. The van der Waals surface area contributed by atoms with E-state index in [9.17, 15) is 0 Å². The van der Waals surface area contributed by atoms with Gasteiger partial charge in [-0.3, -0.25) is 0 Å². The summed E-state index contributed by atoms with van der Waals surface area (Å²) in [5.74, 6) is 0.735. The molecule has 0 aromatic heterocycles. The summed E-state index contributed by atoms with van der Waals surface area (Å²) in [6, 6.07) is 77.0. The van der Waals surface area contributed by atoms with Crippen molar-refractivity contribution in [3.8, 4) is 33.4 Å². The van der Waals surface area contributed by atoms with Crippen LogP contribution < -0.4 is 0 Å². The van der Waals surface area contributed by atoms with Gasteiger partial charge >= 0.3 is 0 Å². The SMILES string of the molecule is CC.CC.CC.CC.CC.CC.CC.CC.CC(C)Cc1[c-]cccc1.[CH2-]c1cccc(-c2c[c-]ccc2)c1.[CH2-]c1cccc(-c2c[c-]ccc2)c1.[CH2-]c1cccc(-c2c[c-]ccc2)c1.[CH2-]c1cccc(C)c1.[Y].[Y].[Y].[Y].[Y].[Y].[Y].[Y].[Y].[Y]. The largest absolute Gasteiger partial charge is 0.199 e. The molecule has 0 N–H and O–H groups in total. The molecule has 10 radical (unpaired) electrons. The van der Waals surface area contributed by atoms with Crippen LogP contribution in [0, 0.1) is 64.8 Å². The molecule has 0 heterocycles. The van der Waals surface area contributed by atoms with E-state index in [0.717, 1.165) is 34.6 Å². The molecule has 0 spiro atoms. The zero-order chi connectivity index (χ0) is 56.7. The van der Waals surface area contributed by atoms with Crippen molar-refractivity contribution in [1.82, 2.24) is 0 Å². The van der Waals surface area contributed by atoms with Gasteiger partial charge in [-0.2, -0.15) is 225 Å². The molecule has 0 amide bonds. The molecule has 0 saturated carbocycles. The first-order valence-electron chi connectivity index (χ1n) is 27.2. The summed E-state index contributed by atoms with van der Waals surface area (Å²) in [4.78, 5) is 0. The number of hydrogen-bond acceptors (Lipinski definition) is 0. The number of aryl methyl sites for hydroxylation is 1. The summed E-state index contributed by atoms with van der Waals surface area (Å²) < 4.78 is 0. The van der Waals surface area contributed by atoms with Crippen LogP contribution in [-0.4, -0.2) is 0 Å². The van der Waals surface area contributed by atoms with Gasteiger partial charge in [-0.15, -0.1) is 63.2 Å². The van der Waals surface area contributed by atoms with Crippen molar-refractivity contribution in [3.63, 3.8) is 0 Å². The van der Waals surface area contributed by atoms with Gasteiger partial charge in [0.05, 0.1) is 0 Å². The zero-order valence-electron chi connectivity index (χ0n) is 55.4. The zero-order valence-corrected chi connectivity index (χ0v) is 83.7. The maximum absolute atomic E-state index is 3.90. The van der Waals surface area contributed by atoms with Crippen molar-refractivity contribution in [2.75, 3.05) is 0 Å². The molecule has 430 valence electrons. The smallest absolute Gasteiger partial charge is 0 e. The van der Waals surface area contributed by atoms with Crippen LogP contribution in [0.15, 0.2) is 194 Å². The standard InChI is InChI=1S/3C13H10.C10H13.C8H9.8C2H6.10Y/c3*1-11-6-5-9-13(10-11)12-7-3-2-4-8-12;1-9(2)8-10-6-4-3-5-7-10;1-7-4-3-5-8(2)6-7;8*1-2;;;;;;;;;;/h3*2-3,5-10H,1H2;3-6,9H,8H2,1-2H3;3-6H,1H2,2H3;8*1-2H3;;;;;;;;;;/q3*-2;2*-1;;;;;;;;;;;;;;;;;;. The van der Waals surface area contributed by atoms with E-state index in [4.69, 9.17) is 0 Å². The van der Waals surface area contributed by atoms with Gasteiger partial charge < -0.3 is 0 Å². The summed E-state index contributed by atoms with van der Waals surface area (Å²) in [6.07, 6.45) is 1.14. The Labute approximate surface area is 768 Å². The van der Waals surface area contributed by atoms with Crippen molar-refractivity contribution >= 4 is 0 Å². The van der Waals surface area contributed by atoms with E-state index in [-0.39, 0.29) is 327 Å². The third kappa shape index (κ3) is 72.0. The fourth-order valence-electron chi connectivity index (χ4n) is 5.68. The van der Waals surface area contributed by atoms with E-state index in [1.807, 2.05) is 226 Å². The van der Waals surface area contributed by atoms with Crippen LogP contribution in [-0.2, 0) is 334 Å². The van der Waals surface area contributed by atoms with E-state index in [1.54, 1.807) is 0 Å². The predicted molar refractivity (Wildman–Crippen MR) is 336 cm³/mol. The van der Waals surface area contributed by atoms with Gasteiger partial charge in [-0.05, 0) is 12.3 Å². The maximum atomic E-state index is 3.90. The first kappa shape index (κ1) is 124. The predicted octanol–water partition coefficient (Wildman–Crippen LogP) is 23.1. The van der Waals surface area contributed by atoms with Crippen LogP contribution in [0.1, 0.15) is 158 Å². The molecule has 0 atom stereocenters. The molecule has 0 unspecified atom stereocenters. The Balaban J connectivity index is -0.0000000493. The first-order chi connectivity index (χ1) is 35.7. The number of hydrogen-bond donors (Lipinski definition) is 0. The normalized spacial score (nSPS) is 7.33. The van der Waals surface area contributed by atoms with E-state index in [0.29, 0.717) is 0 Å². The topological polar surface area (TPSA) is 0 Å². The molecule has 0 saturated heterocycles. The van der Waals surface area contributed by atoms with Gasteiger partial charge in [-0.1, -0.05) is 156 Å². The Morgan fingerprint density at radius 1 is 0.301 bits per heavy atom. The van der Waals surface area contributed by atoms with E-state index < -0.39 is 0 Å². The van der Waals surface area contributed by atoms with Crippen LogP contribution in [0.2, 0.25) is 0 Å². The minimum absolute atomic E-state index is 0. The minimum atomic E-state index is 0. The molecule has 0 aliphatic rings. The van der Waals surface area contributed by atoms with Gasteiger partial charge in [0, 0.05) is 327 Å². The molecule has 0 bridgehead atoms. The molecule has 8 aromatic rings. The second-order valence-corrected chi connectivity index (χ2v) is 14.0. The van der Waals surface area contributed by atoms with Gasteiger partial charge in [0.25, 0.3) is 0 Å². The average molecular weight is 1870 g/mol. The summed E-state index contributed by atoms with van der Waals surface area (Å²) in [7, 11) is 0. The molecular weight excluding hydrogens is 1770 g/mol. The molecular formula is C73H100Y10-8. The molecule has 83 heavy (non-hydrogen) atoms. The van der Waals surface area contributed by atoms with E-state index >= 15 is 0 Å². The fourth-order valence-corrected chi connectivity index (χ4v) is 5.68. The van der Waals surface area contributed by atoms with Crippen molar-refractivity contribution < 1.29 is 327 Å². The fraction of sp³-hybridized carbons (Fsp3) is 0.288. The summed E-state index contributed by atoms with van der Waals surface area (Å²) in [5, 5.41) is 0. The minimum Gasteiger partial charge on any atom is -0.199 e. The number of benzene rings is 8. The average Bonchev–Trinajstić information content (AvgIpc) is 3.47. The Hall–Kier alpha value is 4.28. The second kappa shape index (κ2) is 97.4. The molecule has 0 nitrogen and oxygen atoms in total. The molecule has 10 heteroatoms. The Morgan fingerprint density at radius 3 is 0.759 bits per heavy atom. The van der Waals surface area contributed by atoms with Crippen LogP contribution in [0.3, 0.4) is 0 Å². The maximum Gasteiger partial charge on any atom is 0 e. The van der Waals surface area contributed by atoms with Crippen molar-refractivity contribution in [1.29, 1.82) is 0 Å². The van der Waals surface area contributed by atoms with Gasteiger partial charge in [0.15, 0.2) is 0 Å². The molecule has 0 aliphatic heterocycles. The summed E-state index contributed by atoms with van der Waals surface area (Å²) >= 11 is 0. The molecule has 8 aromatic carbocycles. The second-order valence-electron chi connectivity index (χ2n) is 14.0. The van der Waals surface area contributed by atoms with Gasteiger partial charge in [0.2, 0.25) is 0 Å². The Bertz CT molecular complexity index is 2100. The van der Waals surface area contributed by atoms with Crippen molar-refractivity contribution in [2.45, 2.75) is 138 Å². The Morgan fingerprint density at radius 2 is 0.566 bits per heavy atom. The quantitative estimate of drug-likeness (QED) is 0.151. The van der Waals surface area contributed by atoms with Crippen LogP contribution in [0.5, 0.6) is 0 Å². The van der Waals surface area contributed by atoms with Gasteiger partial charge in [0.1, 0.15) is 0 Å². The van der Waals surface area contributed by atoms with Crippen LogP contribution >= 0.6 is 0 Å². The number of rotatable bonds is 5. The van der Waals surface area contributed by atoms with E-state index in [1.165, 1.54) is 44.5 Å². The summed E-state index contributed by atoms with van der Waals surface area (Å²) in [6.45, 7) is 54.0. The van der Waals surface area contributed by atoms with E-state index in [2.05, 4.69) is 152 Å².